The van der Waals surface area contributed by atoms with E-state index < -0.39 is 20.9 Å². The summed E-state index contributed by atoms with van der Waals surface area (Å²) in [6, 6.07) is 9.18. The third kappa shape index (κ3) is 5.30. The Hall–Kier alpha value is -2.53. The number of rotatable bonds is 6. The Kier molecular flexibility index (Phi) is 6.48. The number of hydrogen-bond acceptors (Lipinski definition) is 6. The van der Waals surface area contributed by atoms with Crippen molar-refractivity contribution in [2.45, 2.75) is 24.2 Å². The molecule has 0 aromatic heterocycles. The van der Waals surface area contributed by atoms with Gasteiger partial charge in [-0.05, 0) is 43.2 Å². The molecule has 1 heterocycles. The number of piperidine rings is 1. The zero-order chi connectivity index (χ0) is 21.0. The number of halogens is 1. The molecule has 11 heteroatoms. The van der Waals surface area contributed by atoms with Gasteiger partial charge in [-0.2, -0.15) is 0 Å². The second kappa shape index (κ2) is 8.87. The molecule has 2 N–H and O–H groups in total. The first-order valence-electron chi connectivity index (χ1n) is 8.89. The average Bonchev–Trinajstić information content (AvgIpc) is 2.69. The highest BCUT2D eigenvalue weighted by Crippen LogP contribution is 2.23. The number of nitro groups is 1. The number of amides is 1. The largest absolute Gasteiger partial charge is 0.322 e. The number of anilines is 1. The highest BCUT2D eigenvalue weighted by Gasteiger charge is 2.20. The SMILES string of the molecule is O=C(Nc1ccc(S(=O)(=O)NN2CCCCC2)cc1)c1cc([N+](=O)[O-])ccc1Cl. The molecule has 2 aromatic rings. The first kappa shape index (κ1) is 21.2. The van der Waals surface area contributed by atoms with Gasteiger partial charge in [0, 0.05) is 30.9 Å². The zero-order valence-corrected chi connectivity index (χ0v) is 16.9. The van der Waals surface area contributed by atoms with Crippen LogP contribution in [0, 0.1) is 10.1 Å². The number of non-ortho nitro benzene ring substituents is 1. The summed E-state index contributed by atoms with van der Waals surface area (Å²) < 4.78 is 25.0. The normalized spacial score (nSPS) is 15.1. The molecule has 9 nitrogen and oxygen atoms in total. The van der Waals surface area contributed by atoms with Crippen LogP contribution in [-0.2, 0) is 10.0 Å². The second-order valence-corrected chi connectivity index (χ2v) is 8.61. The fourth-order valence-electron chi connectivity index (χ4n) is 2.92. The molecule has 1 saturated heterocycles. The van der Waals surface area contributed by atoms with Crippen molar-refractivity contribution in [1.29, 1.82) is 0 Å². The van der Waals surface area contributed by atoms with E-state index in [1.165, 1.54) is 36.4 Å². The first-order valence-corrected chi connectivity index (χ1v) is 10.8. The number of nitrogens with zero attached hydrogens (tertiary/aromatic N) is 2. The van der Waals surface area contributed by atoms with Gasteiger partial charge in [0.1, 0.15) is 0 Å². The van der Waals surface area contributed by atoms with Crippen LogP contribution in [0.2, 0.25) is 5.02 Å². The van der Waals surface area contributed by atoms with Gasteiger partial charge in [0.25, 0.3) is 21.6 Å². The minimum atomic E-state index is -3.71. The van der Waals surface area contributed by atoms with Crippen LogP contribution >= 0.6 is 11.6 Å². The summed E-state index contributed by atoms with van der Waals surface area (Å²) in [5, 5.41) is 15.2. The van der Waals surface area contributed by atoms with Gasteiger partial charge in [0.15, 0.2) is 0 Å². The third-order valence-electron chi connectivity index (χ3n) is 4.43. The smallest absolute Gasteiger partial charge is 0.270 e. The number of hydrazine groups is 1. The van der Waals surface area contributed by atoms with Crippen LogP contribution in [0.5, 0.6) is 0 Å². The number of nitrogens with one attached hydrogen (secondary N) is 2. The lowest BCUT2D eigenvalue weighted by Gasteiger charge is -2.26. The van der Waals surface area contributed by atoms with Crippen molar-refractivity contribution in [3.8, 4) is 0 Å². The Labute approximate surface area is 172 Å². The van der Waals surface area contributed by atoms with Crippen LogP contribution in [0.3, 0.4) is 0 Å². The van der Waals surface area contributed by atoms with Crippen molar-refractivity contribution < 1.29 is 18.1 Å². The van der Waals surface area contributed by atoms with Crippen molar-refractivity contribution in [2.24, 2.45) is 0 Å². The van der Waals surface area contributed by atoms with Gasteiger partial charge < -0.3 is 5.32 Å². The Morgan fingerprint density at radius 3 is 2.34 bits per heavy atom. The Bertz CT molecular complexity index is 1020. The minimum Gasteiger partial charge on any atom is -0.322 e. The fourth-order valence-corrected chi connectivity index (χ4v) is 4.25. The molecule has 1 fully saturated rings. The Morgan fingerprint density at radius 1 is 1.07 bits per heavy atom. The van der Waals surface area contributed by atoms with Crippen molar-refractivity contribution in [3.05, 3.63) is 63.2 Å². The van der Waals surface area contributed by atoms with E-state index in [4.69, 9.17) is 11.6 Å². The van der Waals surface area contributed by atoms with E-state index in [9.17, 15) is 23.3 Å². The first-order chi connectivity index (χ1) is 13.8. The number of hydrogen-bond donors (Lipinski definition) is 2. The van der Waals surface area contributed by atoms with Gasteiger partial charge in [0.2, 0.25) is 0 Å². The molecule has 0 radical (unpaired) electrons. The lowest BCUT2D eigenvalue weighted by Crippen LogP contribution is -2.44. The summed E-state index contributed by atoms with van der Waals surface area (Å²) in [6.07, 6.45) is 2.96. The van der Waals surface area contributed by atoms with Gasteiger partial charge >= 0.3 is 0 Å². The molecule has 0 bridgehead atoms. The highest BCUT2D eigenvalue weighted by atomic mass is 35.5. The summed E-state index contributed by atoms with van der Waals surface area (Å²) >= 11 is 5.96. The van der Waals surface area contributed by atoms with Crippen molar-refractivity contribution in [2.75, 3.05) is 18.4 Å². The van der Waals surface area contributed by atoms with Crippen LogP contribution in [-0.4, -0.2) is 37.3 Å². The van der Waals surface area contributed by atoms with Crippen molar-refractivity contribution in [3.63, 3.8) is 0 Å². The molecule has 0 spiro atoms. The predicted octanol–water partition coefficient (Wildman–Crippen LogP) is 3.18. The monoisotopic (exact) mass is 438 g/mol. The molecular formula is C18H19ClN4O5S. The molecular weight excluding hydrogens is 420 g/mol. The predicted molar refractivity (Wildman–Crippen MR) is 108 cm³/mol. The van der Waals surface area contributed by atoms with Crippen LogP contribution in [0.4, 0.5) is 11.4 Å². The summed E-state index contributed by atoms with van der Waals surface area (Å²) in [6.45, 7) is 1.33. The average molecular weight is 439 g/mol. The minimum absolute atomic E-state index is 0.0515. The molecule has 0 saturated carbocycles. The standard InChI is InChI=1S/C18H19ClN4O5S/c19-17-9-6-14(23(25)26)12-16(17)18(24)20-13-4-7-15(8-5-13)29(27,28)21-22-10-2-1-3-11-22/h4-9,12,21H,1-3,10-11H2,(H,20,24). The zero-order valence-electron chi connectivity index (χ0n) is 15.3. The fraction of sp³-hybridized carbons (Fsp3) is 0.278. The van der Waals surface area contributed by atoms with Crippen molar-refractivity contribution >= 4 is 38.9 Å². The third-order valence-corrected chi connectivity index (χ3v) is 6.15. The summed E-state index contributed by atoms with van der Waals surface area (Å²) in [4.78, 5) is 25.3. The molecule has 0 aliphatic carbocycles. The van der Waals surface area contributed by atoms with Crippen LogP contribution in [0.1, 0.15) is 29.6 Å². The van der Waals surface area contributed by atoms with Gasteiger partial charge in [-0.25, -0.2) is 13.4 Å². The van der Waals surface area contributed by atoms with E-state index in [-0.39, 0.29) is 21.2 Å². The quantitative estimate of drug-likeness (QED) is 0.527. The van der Waals surface area contributed by atoms with Crippen LogP contribution in [0.15, 0.2) is 47.4 Å². The summed E-state index contributed by atoms with van der Waals surface area (Å²) in [7, 11) is -3.71. The molecule has 29 heavy (non-hydrogen) atoms. The lowest BCUT2D eigenvalue weighted by molar-refractivity contribution is -0.384. The maximum Gasteiger partial charge on any atom is 0.270 e. The molecule has 154 valence electrons. The number of benzene rings is 2. The molecule has 1 aliphatic rings. The number of carbonyl (C=O) groups excluding carboxylic acids is 1. The molecule has 0 unspecified atom stereocenters. The van der Waals surface area contributed by atoms with Gasteiger partial charge in [-0.15, -0.1) is 4.83 Å². The number of sulfonamides is 1. The summed E-state index contributed by atoms with van der Waals surface area (Å²) in [5.74, 6) is -0.638. The molecule has 0 atom stereocenters. The van der Waals surface area contributed by atoms with Gasteiger partial charge in [-0.3, -0.25) is 14.9 Å². The van der Waals surface area contributed by atoms with Gasteiger partial charge in [-0.1, -0.05) is 18.0 Å². The maximum absolute atomic E-state index is 12.5. The molecule has 1 amide bonds. The van der Waals surface area contributed by atoms with Crippen LogP contribution < -0.4 is 10.1 Å². The van der Waals surface area contributed by atoms with E-state index in [1.54, 1.807) is 5.01 Å². The Balaban J connectivity index is 1.71. The maximum atomic E-state index is 12.5. The van der Waals surface area contributed by atoms with E-state index >= 15 is 0 Å². The molecule has 1 aliphatic heterocycles. The highest BCUT2D eigenvalue weighted by molar-refractivity contribution is 7.89. The second-order valence-electron chi connectivity index (χ2n) is 6.54. The van der Waals surface area contributed by atoms with Gasteiger partial charge in [0.05, 0.1) is 20.4 Å². The molecule has 3 rings (SSSR count). The van der Waals surface area contributed by atoms with E-state index in [1.807, 2.05) is 0 Å². The number of nitro benzene ring substituents is 1. The van der Waals surface area contributed by atoms with E-state index in [0.29, 0.717) is 18.8 Å². The number of carbonyl (C=O) groups is 1. The lowest BCUT2D eigenvalue weighted by atomic mass is 10.2. The Morgan fingerprint density at radius 2 is 1.72 bits per heavy atom. The topological polar surface area (TPSA) is 122 Å². The molecule has 2 aromatic carbocycles. The van der Waals surface area contributed by atoms with Crippen molar-refractivity contribution in [1.82, 2.24) is 9.84 Å². The van der Waals surface area contributed by atoms with E-state index in [2.05, 4.69) is 10.1 Å². The van der Waals surface area contributed by atoms with E-state index in [0.717, 1.165) is 25.3 Å². The van der Waals surface area contributed by atoms with Crippen LogP contribution in [0.25, 0.3) is 0 Å². The summed E-state index contributed by atoms with van der Waals surface area (Å²) in [5.41, 5.74) is 0.0172.